The van der Waals surface area contributed by atoms with Crippen molar-refractivity contribution < 1.29 is 9.31 Å². The first-order chi connectivity index (χ1) is 6.24. The van der Waals surface area contributed by atoms with Gasteiger partial charge in [0.05, 0.1) is 11.2 Å². The lowest BCUT2D eigenvalue weighted by atomic mass is 9.89. The molecule has 0 aliphatic carbocycles. The topological polar surface area (TPSA) is 18.5 Å². The summed E-state index contributed by atoms with van der Waals surface area (Å²) in [6.07, 6.45) is 1.92. The van der Waals surface area contributed by atoms with Crippen molar-refractivity contribution in [2.45, 2.75) is 45.8 Å². The summed E-state index contributed by atoms with van der Waals surface area (Å²) >= 11 is 0. The average Bonchev–Trinajstić information content (AvgIpc) is 2.17. The molecule has 0 aromatic heterocycles. The van der Waals surface area contributed by atoms with Gasteiger partial charge in [0, 0.05) is 0 Å². The smallest absolute Gasteiger partial charge is 0.400 e. The normalized spacial score (nSPS) is 24.5. The minimum atomic E-state index is -0.253. The summed E-state index contributed by atoms with van der Waals surface area (Å²) in [6, 6.07) is 0. The highest BCUT2D eigenvalue weighted by molar-refractivity contribution is 6.51. The molecule has 78 valence electrons. The van der Waals surface area contributed by atoms with Crippen molar-refractivity contribution in [3.63, 3.8) is 0 Å². The zero-order valence-corrected chi connectivity index (χ0v) is 9.76. The Bertz CT molecular complexity index is 250. The lowest BCUT2D eigenvalue weighted by Gasteiger charge is -2.32. The lowest BCUT2D eigenvalue weighted by molar-refractivity contribution is 0.00578. The van der Waals surface area contributed by atoms with Gasteiger partial charge >= 0.3 is 7.12 Å². The molecule has 14 heavy (non-hydrogen) atoms. The molecule has 1 rings (SSSR count). The third kappa shape index (κ3) is 2.28. The van der Waals surface area contributed by atoms with Crippen LogP contribution in [0.1, 0.15) is 34.6 Å². The number of rotatable bonds is 2. The van der Waals surface area contributed by atoms with Crippen LogP contribution in [0, 0.1) is 0 Å². The second-order valence-corrected chi connectivity index (χ2v) is 4.83. The van der Waals surface area contributed by atoms with Crippen molar-refractivity contribution in [2.24, 2.45) is 0 Å². The molecule has 3 heteroatoms. The van der Waals surface area contributed by atoms with E-state index in [1.54, 1.807) is 0 Å². The standard InChI is InChI=1S/C11H19BO2/c1-9(2)7-8-12-13-10(3,4)11(5,6)14-12/h7-8H,1H2,2-6H3/b8-7+. The van der Waals surface area contributed by atoms with Gasteiger partial charge in [-0.2, -0.15) is 0 Å². The molecule has 0 saturated carbocycles. The van der Waals surface area contributed by atoms with Crippen LogP contribution in [0.2, 0.25) is 0 Å². The van der Waals surface area contributed by atoms with Crippen molar-refractivity contribution >= 4 is 7.12 Å². The first kappa shape index (κ1) is 11.5. The van der Waals surface area contributed by atoms with Crippen LogP contribution in [0.5, 0.6) is 0 Å². The van der Waals surface area contributed by atoms with Crippen LogP contribution in [0.25, 0.3) is 0 Å². The zero-order valence-electron chi connectivity index (χ0n) is 9.76. The second kappa shape index (κ2) is 3.56. The Balaban J connectivity index is 2.69. The van der Waals surface area contributed by atoms with Gasteiger partial charge in [-0.05, 0) is 34.6 Å². The fraction of sp³-hybridized carbons (Fsp3) is 0.636. The summed E-state index contributed by atoms with van der Waals surface area (Å²) in [7, 11) is -0.253. The van der Waals surface area contributed by atoms with E-state index >= 15 is 0 Å². The maximum absolute atomic E-state index is 5.76. The van der Waals surface area contributed by atoms with Crippen LogP contribution < -0.4 is 0 Å². The summed E-state index contributed by atoms with van der Waals surface area (Å²) in [5, 5.41) is 0. The Kier molecular flexibility index (Phi) is 2.93. The zero-order chi connectivity index (χ0) is 11.0. The van der Waals surface area contributed by atoms with Gasteiger partial charge in [-0.3, -0.25) is 0 Å². The first-order valence-corrected chi connectivity index (χ1v) is 4.94. The maximum Gasteiger partial charge on any atom is 0.487 e. The van der Waals surface area contributed by atoms with E-state index in [0.29, 0.717) is 0 Å². The summed E-state index contributed by atoms with van der Waals surface area (Å²) in [5.74, 6) is 1.90. The van der Waals surface area contributed by atoms with Crippen LogP contribution in [0.15, 0.2) is 24.2 Å². The second-order valence-electron chi connectivity index (χ2n) is 4.83. The Hall–Kier alpha value is -0.535. The third-order valence-electron chi connectivity index (χ3n) is 2.81. The Morgan fingerprint density at radius 1 is 1.14 bits per heavy atom. The quantitative estimate of drug-likeness (QED) is 0.497. The molecule has 0 aromatic rings. The van der Waals surface area contributed by atoms with Gasteiger partial charge in [-0.1, -0.05) is 24.2 Å². The van der Waals surface area contributed by atoms with E-state index in [1.165, 1.54) is 0 Å². The van der Waals surface area contributed by atoms with E-state index in [0.717, 1.165) is 5.57 Å². The van der Waals surface area contributed by atoms with Crippen molar-refractivity contribution in [3.8, 4) is 0 Å². The van der Waals surface area contributed by atoms with E-state index in [1.807, 2.05) is 46.7 Å². The molecule has 0 atom stereocenters. The van der Waals surface area contributed by atoms with Crippen LogP contribution >= 0.6 is 0 Å². The first-order valence-electron chi connectivity index (χ1n) is 4.94. The maximum atomic E-state index is 5.76. The molecular weight excluding hydrogens is 175 g/mol. The van der Waals surface area contributed by atoms with Crippen LogP contribution in [-0.4, -0.2) is 18.3 Å². The number of hydrogen-bond acceptors (Lipinski definition) is 2. The van der Waals surface area contributed by atoms with Crippen molar-refractivity contribution in [1.82, 2.24) is 0 Å². The van der Waals surface area contributed by atoms with Crippen molar-refractivity contribution in [1.29, 1.82) is 0 Å². The molecule has 0 spiro atoms. The van der Waals surface area contributed by atoms with Crippen LogP contribution in [0.3, 0.4) is 0 Å². The molecule has 0 unspecified atom stereocenters. The van der Waals surface area contributed by atoms with Crippen LogP contribution in [-0.2, 0) is 9.31 Å². The summed E-state index contributed by atoms with van der Waals surface area (Å²) in [6.45, 7) is 13.9. The van der Waals surface area contributed by atoms with Gasteiger partial charge in [0.15, 0.2) is 0 Å². The molecule has 1 aliphatic heterocycles. The number of allylic oxidation sites excluding steroid dienone is 2. The van der Waals surface area contributed by atoms with Gasteiger partial charge in [-0.25, -0.2) is 0 Å². The summed E-state index contributed by atoms with van der Waals surface area (Å²) in [5.41, 5.74) is 0.494. The number of hydrogen-bond donors (Lipinski definition) is 0. The van der Waals surface area contributed by atoms with E-state index < -0.39 is 0 Å². The fourth-order valence-electron chi connectivity index (χ4n) is 1.21. The van der Waals surface area contributed by atoms with E-state index in [4.69, 9.17) is 9.31 Å². The molecule has 0 aromatic carbocycles. The molecule has 0 bridgehead atoms. The van der Waals surface area contributed by atoms with Crippen molar-refractivity contribution in [3.05, 3.63) is 24.2 Å². The minimum absolute atomic E-state index is 0.253. The highest BCUT2D eigenvalue weighted by Gasteiger charge is 2.49. The predicted molar refractivity (Wildman–Crippen MR) is 60.0 cm³/mol. The molecular formula is C11H19BO2. The van der Waals surface area contributed by atoms with E-state index in [-0.39, 0.29) is 18.3 Å². The molecule has 0 amide bonds. The summed E-state index contributed by atoms with van der Waals surface area (Å²) in [4.78, 5) is 0. The Morgan fingerprint density at radius 2 is 1.57 bits per heavy atom. The largest absolute Gasteiger partial charge is 0.487 e. The Morgan fingerprint density at radius 3 is 1.93 bits per heavy atom. The molecule has 1 fully saturated rings. The minimum Gasteiger partial charge on any atom is -0.400 e. The SMILES string of the molecule is C=C(C)/C=C/B1OC(C)(C)C(C)(C)O1. The molecule has 0 radical (unpaired) electrons. The van der Waals surface area contributed by atoms with E-state index in [9.17, 15) is 0 Å². The third-order valence-corrected chi connectivity index (χ3v) is 2.81. The molecule has 0 N–H and O–H groups in total. The monoisotopic (exact) mass is 194 g/mol. The average molecular weight is 194 g/mol. The van der Waals surface area contributed by atoms with Crippen LogP contribution in [0.4, 0.5) is 0 Å². The summed E-state index contributed by atoms with van der Waals surface area (Å²) < 4.78 is 11.5. The van der Waals surface area contributed by atoms with Gasteiger partial charge in [-0.15, -0.1) is 0 Å². The lowest BCUT2D eigenvalue weighted by Crippen LogP contribution is -2.41. The van der Waals surface area contributed by atoms with Gasteiger partial charge in [0.1, 0.15) is 0 Å². The Labute approximate surface area is 87.1 Å². The van der Waals surface area contributed by atoms with E-state index in [2.05, 4.69) is 6.58 Å². The molecule has 1 saturated heterocycles. The highest BCUT2D eigenvalue weighted by Crippen LogP contribution is 2.36. The van der Waals surface area contributed by atoms with Crippen molar-refractivity contribution in [2.75, 3.05) is 0 Å². The molecule has 1 aliphatic rings. The molecule has 2 nitrogen and oxygen atoms in total. The van der Waals surface area contributed by atoms with Gasteiger partial charge in [0.2, 0.25) is 0 Å². The van der Waals surface area contributed by atoms with Gasteiger partial charge < -0.3 is 9.31 Å². The predicted octanol–water partition coefficient (Wildman–Crippen LogP) is 2.75. The highest BCUT2D eigenvalue weighted by atomic mass is 16.7. The van der Waals surface area contributed by atoms with Gasteiger partial charge in [0.25, 0.3) is 0 Å². The fourth-order valence-corrected chi connectivity index (χ4v) is 1.21. The molecule has 1 heterocycles.